The van der Waals surface area contributed by atoms with E-state index in [0.717, 1.165) is 28.5 Å². The fourth-order valence-corrected chi connectivity index (χ4v) is 3.20. The van der Waals surface area contributed by atoms with Crippen molar-refractivity contribution in [3.05, 3.63) is 70.0 Å². The molecule has 0 saturated heterocycles. The number of hydrogen-bond acceptors (Lipinski definition) is 6. The van der Waals surface area contributed by atoms with Crippen LogP contribution in [0.5, 0.6) is 0 Å². The van der Waals surface area contributed by atoms with Crippen molar-refractivity contribution < 1.29 is 21.4 Å². The predicted molar refractivity (Wildman–Crippen MR) is 99.5 cm³/mol. The molecule has 0 spiro atoms. The Hall–Kier alpha value is -2.40. The van der Waals surface area contributed by atoms with Gasteiger partial charge in [-0.3, -0.25) is 4.57 Å². The van der Waals surface area contributed by atoms with E-state index in [1.165, 1.54) is 0 Å². The lowest BCUT2D eigenvalue weighted by Crippen LogP contribution is -2.20. The fourth-order valence-electron chi connectivity index (χ4n) is 2.82. The second-order valence-electron chi connectivity index (χ2n) is 5.70. The Bertz CT molecular complexity index is 1170. The highest BCUT2D eigenvalue weighted by atomic mass is 35.5. The van der Waals surface area contributed by atoms with Crippen LogP contribution in [0, 0.1) is 0 Å². The molecule has 0 saturated carbocycles. The van der Waals surface area contributed by atoms with Crippen LogP contribution in [0.1, 0.15) is 17.1 Å². The number of halogens is 3. The van der Waals surface area contributed by atoms with Crippen molar-refractivity contribution >= 4 is 39.4 Å². The van der Waals surface area contributed by atoms with Crippen molar-refractivity contribution in [3.63, 3.8) is 0 Å². The Kier molecular flexibility index (Phi) is 5.75. The maximum absolute atomic E-state index is 10.1. The molecule has 0 atom stereocenters. The standard InChI is InChI=1S/C16H12Cl2N5.FHO3S/c1-22-8-14-21-19-9-23(14)12-6-7-13(18)20-15(12)16(22)10-4-2-3-5-11(10)17;1-5(2,3)4/h2-7,9H,8H2,1H3;(H,2,3,4)/q+1;/p-1. The van der Waals surface area contributed by atoms with Gasteiger partial charge in [0.2, 0.25) is 18.1 Å². The van der Waals surface area contributed by atoms with Crippen molar-refractivity contribution in [2.45, 2.75) is 6.54 Å². The third kappa shape index (κ3) is 4.53. The molecule has 3 heterocycles. The van der Waals surface area contributed by atoms with E-state index in [1.54, 1.807) is 12.4 Å². The molecule has 28 heavy (non-hydrogen) atoms. The van der Waals surface area contributed by atoms with Crippen LogP contribution in [0.3, 0.4) is 0 Å². The molecule has 4 rings (SSSR count). The van der Waals surface area contributed by atoms with E-state index in [-0.39, 0.29) is 0 Å². The highest BCUT2D eigenvalue weighted by Gasteiger charge is 2.30. The summed E-state index contributed by atoms with van der Waals surface area (Å²) >= 11 is 12.6. The lowest BCUT2D eigenvalue weighted by molar-refractivity contribution is -0.514. The minimum absolute atomic E-state index is 0.429. The van der Waals surface area contributed by atoms with E-state index in [9.17, 15) is 3.89 Å². The monoisotopic (exact) mass is 443 g/mol. The molecule has 1 aliphatic rings. The zero-order valence-corrected chi connectivity index (χ0v) is 16.6. The SMILES string of the molecule is C[N+]1=C(c2ccccc2Cl)c2nc(Cl)ccc2-n2cnnc2C1.O=S(=O)([O-])F. The summed E-state index contributed by atoms with van der Waals surface area (Å²) in [5, 5.41) is 9.31. The first kappa shape index (κ1) is 20.3. The molecule has 3 aromatic rings. The topological polar surface area (TPSA) is 104 Å². The quantitative estimate of drug-likeness (QED) is 0.247. The molecule has 0 amide bonds. The summed E-state index contributed by atoms with van der Waals surface area (Å²) in [7, 11) is -3.44. The first-order valence-corrected chi connectivity index (χ1v) is 9.76. The second kappa shape index (κ2) is 7.92. The van der Waals surface area contributed by atoms with Crippen LogP contribution in [-0.4, -0.2) is 50.1 Å². The fraction of sp³-hybridized carbons (Fsp3) is 0.125. The van der Waals surface area contributed by atoms with Crippen LogP contribution in [0.2, 0.25) is 10.2 Å². The molecule has 0 fully saturated rings. The van der Waals surface area contributed by atoms with Gasteiger partial charge in [0.15, 0.2) is 5.69 Å². The van der Waals surface area contributed by atoms with Crippen molar-refractivity contribution in [1.82, 2.24) is 19.7 Å². The molecule has 0 unspecified atom stereocenters. The molecule has 12 heteroatoms. The van der Waals surface area contributed by atoms with Crippen LogP contribution in [0.15, 0.2) is 42.7 Å². The third-order valence-electron chi connectivity index (χ3n) is 3.83. The van der Waals surface area contributed by atoms with Gasteiger partial charge >= 0.3 is 0 Å². The number of fused-ring (bicyclic) bond motifs is 3. The number of benzene rings is 1. The summed E-state index contributed by atoms with van der Waals surface area (Å²) in [5.74, 6) is 0.833. The van der Waals surface area contributed by atoms with Gasteiger partial charge in [-0.05, 0) is 24.3 Å². The molecule has 8 nitrogen and oxygen atoms in total. The number of nitrogens with zero attached hydrogens (tertiary/aromatic N) is 5. The molecule has 0 bridgehead atoms. The second-order valence-corrected chi connectivity index (χ2v) is 7.28. The molecule has 146 valence electrons. The van der Waals surface area contributed by atoms with Gasteiger partial charge in [0.05, 0.1) is 16.3 Å². The maximum atomic E-state index is 10.1. The number of aromatic nitrogens is 4. The van der Waals surface area contributed by atoms with E-state index in [4.69, 9.17) is 36.2 Å². The lowest BCUT2D eigenvalue weighted by atomic mass is 10.0. The van der Waals surface area contributed by atoms with E-state index in [2.05, 4.69) is 19.8 Å². The normalized spacial score (nSPS) is 13.2. The third-order valence-corrected chi connectivity index (χ3v) is 4.37. The van der Waals surface area contributed by atoms with Gasteiger partial charge in [-0.15, -0.1) is 14.1 Å². The number of hydrogen-bond donors (Lipinski definition) is 0. The van der Waals surface area contributed by atoms with Crippen LogP contribution in [0.4, 0.5) is 3.89 Å². The molecule has 2 aromatic heterocycles. The van der Waals surface area contributed by atoms with Crippen molar-refractivity contribution in [2.75, 3.05) is 7.05 Å². The molecular formula is C16H12Cl2FN5O3S. The summed E-state index contributed by atoms with van der Waals surface area (Å²) in [6.45, 7) is 0.592. The molecule has 1 aliphatic heterocycles. The first-order valence-electron chi connectivity index (χ1n) is 7.70. The van der Waals surface area contributed by atoms with Gasteiger partial charge in [-0.2, -0.15) is 0 Å². The Morgan fingerprint density at radius 1 is 1.21 bits per heavy atom. The van der Waals surface area contributed by atoms with Crippen LogP contribution in [0.25, 0.3) is 5.69 Å². The van der Waals surface area contributed by atoms with Crippen LogP contribution >= 0.6 is 23.2 Å². The average Bonchev–Trinajstić information content (AvgIpc) is 2.99. The number of pyridine rings is 1. The highest BCUT2D eigenvalue weighted by Crippen LogP contribution is 2.26. The minimum Gasteiger partial charge on any atom is -0.722 e. The molecule has 0 aliphatic carbocycles. The van der Waals surface area contributed by atoms with E-state index < -0.39 is 10.5 Å². The predicted octanol–water partition coefficient (Wildman–Crippen LogP) is 2.38. The van der Waals surface area contributed by atoms with Gasteiger partial charge < -0.3 is 4.55 Å². The lowest BCUT2D eigenvalue weighted by Gasteiger charge is -2.09. The smallest absolute Gasteiger partial charge is 0.255 e. The number of rotatable bonds is 1. The van der Waals surface area contributed by atoms with Crippen LogP contribution < -0.4 is 0 Å². The average molecular weight is 444 g/mol. The summed E-state index contributed by atoms with van der Waals surface area (Å²) in [4.78, 5) is 4.55. The minimum atomic E-state index is -5.42. The van der Waals surface area contributed by atoms with Gasteiger partial charge in [0.25, 0.3) is 10.5 Å². The van der Waals surface area contributed by atoms with Gasteiger partial charge in [0.1, 0.15) is 18.5 Å². The Morgan fingerprint density at radius 3 is 2.57 bits per heavy atom. The zero-order valence-electron chi connectivity index (χ0n) is 14.3. The van der Waals surface area contributed by atoms with Gasteiger partial charge in [0, 0.05) is 0 Å². The Morgan fingerprint density at radius 2 is 1.89 bits per heavy atom. The van der Waals surface area contributed by atoms with E-state index in [1.807, 2.05) is 41.9 Å². The van der Waals surface area contributed by atoms with Gasteiger partial charge in [-0.25, -0.2) is 18.0 Å². The largest absolute Gasteiger partial charge is 0.722 e. The summed E-state index contributed by atoms with van der Waals surface area (Å²) in [6.07, 6.45) is 1.69. The zero-order chi connectivity index (χ0) is 20.5. The van der Waals surface area contributed by atoms with Crippen molar-refractivity contribution in [3.8, 4) is 5.69 Å². The molecular weight excluding hydrogens is 432 g/mol. The summed E-state index contributed by atoms with van der Waals surface area (Å²) in [5.41, 5.74) is 3.46. The van der Waals surface area contributed by atoms with Crippen LogP contribution in [-0.2, 0) is 17.0 Å². The Balaban J connectivity index is 0.000000403. The Labute approximate surface area is 169 Å². The first-order chi connectivity index (χ1) is 13.1. The summed E-state index contributed by atoms with van der Waals surface area (Å²) < 4.78 is 39.3. The maximum Gasteiger partial charge on any atom is 0.255 e. The molecule has 1 aromatic carbocycles. The van der Waals surface area contributed by atoms with E-state index >= 15 is 0 Å². The van der Waals surface area contributed by atoms with Gasteiger partial charge in [-0.1, -0.05) is 35.3 Å². The highest BCUT2D eigenvalue weighted by molar-refractivity contribution is 7.80. The summed E-state index contributed by atoms with van der Waals surface area (Å²) in [6, 6.07) is 11.4. The van der Waals surface area contributed by atoms with E-state index in [0.29, 0.717) is 16.7 Å². The van der Waals surface area contributed by atoms with Crippen molar-refractivity contribution in [2.24, 2.45) is 0 Å². The molecule has 0 radical (unpaired) electrons. The molecule has 0 N–H and O–H groups in total. The van der Waals surface area contributed by atoms with Crippen molar-refractivity contribution in [1.29, 1.82) is 0 Å².